The zero-order chi connectivity index (χ0) is 19.7. The van der Waals surface area contributed by atoms with Crippen molar-refractivity contribution in [1.82, 2.24) is 4.90 Å². The van der Waals surface area contributed by atoms with Gasteiger partial charge in [-0.2, -0.15) is 0 Å². The number of nitrogens with one attached hydrogen (secondary N) is 2. The average Bonchev–Trinajstić information content (AvgIpc) is 2.90. The van der Waals surface area contributed by atoms with Crippen molar-refractivity contribution < 1.29 is 32.3 Å². The van der Waals surface area contributed by atoms with Crippen LogP contribution in [0.15, 0.2) is 18.2 Å². The number of hydrogen-bond donors (Lipinski definition) is 3. The van der Waals surface area contributed by atoms with Crippen molar-refractivity contribution in [3.8, 4) is 0 Å². The van der Waals surface area contributed by atoms with E-state index in [1.807, 2.05) is 0 Å². The van der Waals surface area contributed by atoms with Crippen molar-refractivity contribution in [3.05, 3.63) is 23.8 Å². The Morgan fingerprint density at radius 3 is 2.46 bits per heavy atom. The molecule has 0 spiro atoms. The summed E-state index contributed by atoms with van der Waals surface area (Å²) >= 11 is 0. The number of nitrogens with zero attached hydrogens (tertiary/aromatic N) is 1. The minimum atomic E-state index is -3.71. The van der Waals surface area contributed by atoms with Gasteiger partial charge in [0, 0.05) is 25.6 Å². The number of anilines is 2. The molecule has 1 aliphatic heterocycles. The van der Waals surface area contributed by atoms with Crippen LogP contribution in [0.1, 0.15) is 23.7 Å². The van der Waals surface area contributed by atoms with E-state index in [1.54, 1.807) is 0 Å². The number of alkyl halides is 1. The van der Waals surface area contributed by atoms with E-state index in [4.69, 9.17) is 5.11 Å². The van der Waals surface area contributed by atoms with Crippen LogP contribution in [-0.2, 0) is 19.6 Å². The molecule has 1 unspecified atom stereocenters. The number of carbonyl (C=O) groups is 3. The summed E-state index contributed by atoms with van der Waals surface area (Å²) < 4.78 is 39.4. The van der Waals surface area contributed by atoms with E-state index < -0.39 is 40.0 Å². The first kappa shape index (κ1) is 19.6. The van der Waals surface area contributed by atoms with Crippen molar-refractivity contribution in [1.29, 1.82) is 0 Å². The van der Waals surface area contributed by atoms with Crippen LogP contribution in [0.3, 0.4) is 0 Å². The number of rotatable bonds is 5. The van der Waals surface area contributed by atoms with Crippen molar-refractivity contribution in [2.75, 3.05) is 29.4 Å². The molecule has 0 aliphatic carbocycles. The summed E-state index contributed by atoms with van der Waals surface area (Å²) in [5, 5.41) is 11.4. The maximum Gasteiger partial charge on any atom is 0.343 e. The maximum absolute atomic E-state index is 14.2. The Morgan fingerprint density at radius 1 is 1.31 bits per heavy atom. The second kappa shape index (κ2) is 6.90. The van der Waals surface area contributed by atoms with Gasteiger partial charge in [-0.25, -0.2) is 17.6 Å². The molecule has 26 heavy (non-hydrogen) atoms. The third-order valence-electron chi connectivity index (χ3n) is 3.76. The second-order valence-corrected chi connectivity index (χ2v) is 7.81. The van der Waals surface area contributed by atoms with Crippen LogP contribution in [0.2, 0.25) is 0 Å². The van der Waals surface area contributed by atoms with Crippen molar-refractivity contribution in [3.63, 3.8) is 0 Å². The summed E-state index contributed by atoms with van der Waals surface area (Å²) in [5.41, 5.74) is -2.49. The summed E-state index contributed by atoms with van der Waals surface area (Å²) in [6.07, 6.45) is 0.532. The molecule has 11 heteroatoms. The van der Waals surface area contributed by atoms with Gasteiger partial charge in [-0.3, -0.25) is 14.3 Å². The van der Waals surface area contributed by atoms with E-state index in [0.29, 0.717) is 0 Å². The van der Waals surface area contributed by atoms with Crippen molar-refractivity contribution >= 4 is 39.2 Å². The highest BCUT2D eigenvalue weighted by atomic mass is 32.2. The quantitative estimate of drug-likeness (QED) is 0.680. The van der Waals surface area contributed by atoms with E-state index >= 15 is 0 Å². The predicted octanol–water partition coefficient (Wildman–Crippen LogP) is 0.655. The number of halogens is 1. The molecule has 1 aliphatic rings. The number of carboxylic acid groups (broad SMARTS) is 1. The maximum atomic E-state index is 14.2. The summed E-state index contributed by atoms with van der Waals surface area (Å²) in [5.74, 6) is -2.81. The van der Waals surface area contributed by atoms with E-state index in [9.17, 15) is 27.2 Å². The molecule has 1 fully saturated rings. The molecular weight excluding hydrogens is 369 g/mol. The first-order chi connectivity index (χ1) is 11.9. The number of sulfonamides is 1. The van der Waals surface area contributed by atoms with Crippen LogP contribution >= 0.6 is 0 Å². The Labute approximate surface area is 149 Å². The molecule has 1 heterocycles. The van der Waals surface area contributed by atoms with Crippen LogP contribution in [0, 0.1) is 0 Å². The third kappa shape index (κ3) is 4.48. The fraction of sp³-hybridized carbons (Fsp3) is 0.400. The Hall–Kier alpha value is -2.69. The number of likely N-dealkylation sites (tertiary alicyclic amines) is 1. The zero-order valence-electron chi connectivity index (χ0n) is 14.1. The highest BCUT2D eigenvalue weighted by molar-refractivity contribution is 7.92. The molecule has 0 aromatic heterocycles. The van der Waals surface area contributed by atoms with Gasteiger partial charge in [-0.1, -0.05) is 0 Å². The number of amides is 2. The van der Waals surface area contributed by atoms with Gasteiger partial charge in [0.15, 0.2) is 0 Å². The van der Waals surface area contributed by atoms with Crippen LogP contribution in [-0.4, -0.2) is 61.2 Å². The Morgan fingerprint density at radius 2 is 1.96 bits per heavy atom. The van der Waals surface area contributed by atoms with Crippen LogP contribution in [0.5, 0.6) is 0 Å². The van der Waals surface area contributed by atoms with E-state index in [1.165, 1.54) is 25.1 Å². The summed E-state index contributed by atoms with van der Waals surface area (Å²) in [7, 11) is -3.71. The van der Waals surface area contributed by atoms with Gasteiger partial charge in [0.05, 0.1) is 24.1 Å². The lowest BCUT2D eigenvalue weighted by Crippen LogP contribution is -2.39. The average molecular weight is 387 g/mol. The lowest BCUT2D eigenvalue weighted by Gasteiger charge is -2.20. The number of aliphatic carboxylic acids is 1. The molecule has 9 nitrogen and oxygen atoms in total. The SMILES string of the molecule is CC(=O)Nc1ccc(NS(C)(=O)=O)c(C(=O)N2CCC(F)(C(=O)O)C2)c1. The molecule has 1 saturated heterocycles. The van der Waals surface area contributed by atoms with Crippen LogP contribution in [0.25, 0.3) is 0 Å². The monoisotopic (exact) mass is 387 g/mol. The zero-order valence-corrected chi connectivity index (χ0v) is 14.9. The summed E-state index contributed by atoms with van der Waals surface area (Å²) in [4.78, 5) is 35.9. The van der Waals surface area contributed by atoms with Gasteiger partial charge in [-0.05, 0) is 18.2 Å². The van der Waals surface area contributed by atoms with E-state index in [0.717, 1.165) is 11.2 Å². The molecule has 1 aromatic carbocycles. The van der Waals surface area contributed by atoms with Gasteiger partial charge in [-0.15, -0.1) is 0 Å². The number of carbonyl (C=O) groups excluding carboxylic acids is 2. The standard InChI is InChI=1S/C15H18FN3O6S/c1-9(20)17-10-3-4-12(18-26(2,24)25)11(7-10)13(21)19-6-5-15(16,8-19)14(22)23/h3-4,7,18H,5-6,8H2,1-2H3,(H,17,20)(H,22,23). The number of benzene rings is 1. The first-order valence-corrected chi connectivity index (χ1v) is 9.41. The Balaban J connectivity index is 2.39. The Bertz CT molecular complexity index is 872. The molecule has 3 N–H and O–H groups in total. The Kier molecular flexibility index (Phi) is 5.21. The fourth-order valence-corrected chi connectivity index (χ4v) is 3.16. The largest absolute Gasteiger partial charge is 0.479 e. The molecule has 142 valence electrons. The minimum absolute atomic E-state index is 0.0571. The molecule has 1 atom stereocenters. The van der Waals surface area contributed by atoms with Gasteiger partial charge in [0.2, 0.25) is 21.6 Å². The van der Waals surface area contributed by atoms with Crippen molar-refractivity contribution in [2.45, 2.75) is 19.0 Å². The minimum Gasteiger partial charge on any atom is -0.479 e. The van der Waals surface area contributed by atoms with Gasteiger partial charge >= 0.3 is 5.97 Å². The highest BCUT2D eigenvalue weighted by Gasteiger charge is 2.47. The number of hydrogen-bond acceptors (Lipinski definition) is 5. The summed E-state index contributed by atoms with van der Waals surface area (Å²) in [6, 6.07) is 3.93. The van der Waals surface area contributed by atoms with Crippen molar-refractivity contribution in [2.24, 2.45) is 0 Å². The molecule has 0 radical (unpaired) electrons. The highest BCUT2D eigenvalue weighted by Crippen LogP contribution is 2.30. The second-order valence-electron chi connectivity index (χ2n) is 6.06. The molecule has 0 bridgehead atoms. The smallest absolute Gasteiger partial charge is 0.343 e. The third-order valence-corrected chi connectivity index (χ3v) is 4.35. The lowest BCUT2D eigenvalue weighted by molar-refractivity contribution is -0.149. The molecule has 2 rings (SSSR count). The van der Waals surface area contributed by atoms with Gasteiger partial charge in [0.25, 0.3) is 5.91 Å². The molecule has 0 saturated carbocycles. The van der Waals surface area contributed by atoms with Gasteiger partial charge < -0.3 is 15.3 Å². The normalized spacial score (nSPS) is 19.9. The predicted molar refractivity (Wildman–Crippen MR) is 91.2 cm³/mol. The fourth-order valence-electron chi connectivity index (χ4n) is 2.58. The van der Waals surface area contributed by atoms with E-state index in [-0.39, 0.29) is 29.9 Å². The molecule has 2 amide bonds. The molecular formula is C15H18FN3O6S. The number of carboxylic acids is 1. The topological polar surface area (TPSA) is 133 Å². The van der Waals surface area contributed by atoms with Crippen LogP contribution < -0.4 is 10.0 Å². The van der Waals surface area contributed by atoms with Gasteiger partial charge in [0.1, 0.15) is 0 Å². The lowest BCUT2D eigenvalue weighted by atomic mass is 10.1. The first-order valence-electron chi connectivity index (χ1n) is 7.52. The summed E-state index contributed by atoms with van der Waals surface area (Å²) in [6.45, 7) is 0.475. The van der Waals surface area contributed by atoms with Crippen LogP contribution in [0.4, 0.5) is 15.8 Å². The molecule has 1 aromatic rings. The van der Waals surface area contributed by atoms with E-state index in [2.05, 4.69) is 10.0 Å².